The number of likely N-dealkylation sites (N-methyl/N-ethyl adjacent to an activating group) is 1. The van der Waals surface area contributed by atoms with E-state index in [4.69, 9.17) is 0 Å². The summed E-state index contributed by atoms with van der Waals surface area (Å²) in [5.74, 6) is 0. The highest BCUT2D eigenvalue weighted by atomic mass is 79.9. The van der Waals surface area contributed by atoms with Crippen molar-refractivity contribution in [1.82, 2.24) is 10.2 Å². The molecule has 2 rings (SSSR count). The van der Waals surface area contributed by atoms with Crippen LogP contribution in [0.5, 0.6) is 0 Å². The fourth-order valence-electron chi connectivity index (χ4n) is 2.06. The van der Waals surface area contributed by atoms with Crippen LogP contribution in [-0.2, 0) is 6.54 Å². The molecule has 0 heterocycles. The van der Waals surface area contributed by atoms with Crippen LogP contribution in [0.1, 0.15) is 25.3 Å². The van der Waals surface area contributed by atoms with Crippen LogP contribution in [0.4, 0.5) is 0 Å². The third-order valence-electron chi connectivity index (χ3n) is 3.48. The van der Waals surface area contributed by atoms with Crippen molar-refractivity contribution in [2.24, 2.45) is 0 Å². The Balaban J connectivity index is 1.71. The molecule has 1 aliphatic carbocycles. The Morgan fingerprint density at radius 2 is 2.24 bits per heavy atom. The van der Waals surface area contributed by atoms with Crippen LogP contribution in [0.3, 0.4) is 0 Å². The zero-order valence-electron chi connectivity index (χ0n) is 10.6. The van der Waals surface area contributed by atoms with Gasteiger partial charge < -0.3 is 5.32 Å². The fourth-order valence-corrected chi connectivity index (χ4v) is 2.50. The first-order valence-corrected chi connectivity index (χ1v) is 7.13. The fraction of sp³-hybridized carbons (Fsp3) is 0.571. The molecule has 3 heteroatoms. The largest absolute Gasteiger partial charge is 0.311 e. The van der Waals surface area contributed by atoms with Gasteiger partial charge in [0.2, 0.25) is 0 Å². The second-order valence-electron chi connectivity index (χ2n) is 5.01. The maximum absolute atomic E-state index is 3.53. The molecule has 1 fully saturated rings. The summed E-state index contributed by atoms with van der Waals surface area (Å²) in [5, 5.41) is 3.53. The average Bonchev–Trinajstić information content (AvgIpc) is 3.12. The van der Waals surface area contributed by atoms with Crippen molar-refractivity contribution in [2.75, 3.05) is 13.6 Å². The van der Waals surface area contributed by atoms with Gasteiger partial charge in [-0.15, -0.1) is 0 Å². The predicted molar refractivity (Wildman–Crippen MR) is 76.1 cm³/mol. The van der Waals surface area contributed by atoms with Crippen molar-refractivity contribution in [2.45, 2.75) is 38.4 Å². The van der Waals surface area contributed by atoms with Gasteiger partial charge in [-0.3, -0.25) is 4.90 Å². The average molecular weight is 297 g/mol. The number of halogens is 1. The van der Waals surface area contributed by atoms with E-state index in [0.717, 1.165) is 23.6 Å². The number of nitrogens with zero attached hydrogens (tertiary/aromatic N) is 1. The maximum Gasteiger partial charge on any atom is 0.0206 e. The monoisotopic (exact) mass is 296 g/mol. The van der Waals surface area contributed by atoms with Gasteiger partial charge in [-0.25, -0.2) is 0 Å². The van der Waals surface area contributed by atoms with Gasteiger partial charge in [0, 0.05) is 29.6 Å². The molecule has 2 nitrogen and oxygen atoms in total. The topological polar surface area (TPSA) is 15.3 Å². The molecule has 1 N–H and O–H groups in total. The Kier molecular flexibility index (Phi) is 4.60. The van der Waals surface area contributed by atoms with Crippen molar-refractivity contribution in [3.05, 3.63) is 34.3 Å². The third-order valence-corrected chi connectivity index (χ3v) is 3.97. The summed E-state index contributed by atoms with van der Waals surface area (Å²) in [6, 6.07) is 9.94. The highest BCUT2D eigenvalue weighted by Crippen LogP contribution is 2.26. The van der Waals surface area contributed by atoms with E-state index in [-0.39, 0.29) is 0 Å². The Labute approximate surface area is 113 Å². The number of nitrogens with one attached hydrogen (secondary N) is 1. The first-order valence-electron chi connectivity index (χ1n) is 6.34. The van der Waals surface area contributed by atoms with Gasteiger partial charge in [-0.1, -0.05) is 28.1 Å². The van der Waals surface area contributed by atoms with Gasteiger partial charge in [0.15, 0.2) is 0 Å². The van der Waals surface area contributed by atoms with Crippen molar-refractivity contribution in [3.63, 3.8) is 0 Å². The standard InChI is InChI=1S/C14H21BrN2/c1-11(17(2)14-6-7-14)9-16-10-12-4-3-5-13(15)8-12/h3-5,8,11,14,16H,6-7,9-10H2,1-2H3. The molecular formula is C14H21BrN2. The van der Waals surface area contributed by atoms with E-state index < -0.39 is 0 Å². The number of hydrogen-bond acceptors (Lipinski definition) is 2. The lowest BCUT2D eigenvalue weighted by atomic mass is 10.2. The Morgan fingerprint density at radius 1 is 1.47 bits per heavy atom. The zero-order chi connectivity index (χ0) is 12.3. The highest BCUT2D eigenvalue weighted by molar-refractivity contribution is 9.10. The summed E-state index contributed by atoms with van der Waals surface area (Å²) in [4.78, 5) is 2.49. The maximum atomic E-state index is 3.53. The van der Waals surface area contributed by atoms with E-state index in [9.17, 15) is 0 Å². The van der Waals surface area contributed by atoms with Crippen LogP contribution in [0, 0.1) is 0 Å². The van der Waals surface area contributed by atoms with Crippen LogP contribution in [0.15, 0.2) is 28.7 Å². The van der Waals surface area contributed by atoms with Gasteiger partial charge >= 0.3 is 0 Å². The molecule has 1 aromatic rings. The summed E-state index contributed by atoms with van der Waals surface area (Å²) in [5.41, 5.74) is 1.33. The molecule has 0 aromatic heterocycles. The van der Waals surface area contributed by atoms with Crippen LogP contribution in [0.25, 0.3) is 0 Å². The summed E-state index contributed by atoms with van der Waals surface area (Å²) in [6.07, 6.45) is 2.76. The normalized spacial score (nSPS) is 17.4. The second-order valence-corrected chi connectivity index (χ2v) is 5.92. The minimum Gasteiger partial charge on any atom is -0.311 e. The molecule has 17 heavy (non-hydrogen) atoms. The number of rotatable bonds is 6. The van der Waals surface area contributed by atoms with Gasteiger partial charge in [0.25, 0.3) is 0 Å². The second kappa shape index (κ2) is 5.98. The summed E-state index contributed by atoms with van der Waals surface area (Å²) in [6.45, 7) is 4.30. The van der Waals surface area contributed by atoms with Crippen LogP contribution >= 0.6 is 15.9 Å². The molecule has 0 aliphatic heterocycles. The minimum atomic E-state index is 0.620. The van der Waals surface area contributed by atoms with Crippen molar-refractivity contribution in [1.29, 1.82) is 0 Å². The Hall–Kier alpha value is -0.380. The lowest BCUT2D eigenvalue weighted by Gasteiger charge is -2.24. The minimum absolute atomic E-state index is 0.620. The first kappa shape index (κ1) is 13.1. The molecule has 0 spiro atoms. The third kappa shape index (κ3) is 4.09. The smallest absolute Gasteiger partial charge is 0.0206 e. The molecule has 1 aliphatic rings. The van der Waals surface area contributed by atoms with E-state index in [1.54, 1.807) is 0 Å². The lowest BCUT2D eigenvalue weighted by Crippen LogP contribution is -2.38. The molecule has 1 unspecified atom stereocenters. The van der Waals surface area contributed by atoms with Gasteiger partial charge in [0.1, 0.15) is 0 Å². The van der Waals surface area contributed by atoms with E-state index in [0.29, 0.717) is 6.04 Å². The van der Waals surface area contributed by atoms with E-state index in [1.165, 1.54) is 18.4 Å². The zero-order valence-corrected chi connectivity index (χ0v) is 12.2. The molecule has 0 amide bonds. The van der Waals surface area contributed by atoms with Crippen LogP contribution in [-0.4, -0.2) is 30.6 Å². The van der Waals surface area contributed by atoms with Gasteiger partial charge in [-0.05, 0) is 44.5 Å². The Morgan fingerprint density at radius 3 is 2.88 bits per heavy atom. The molecule has 1 aromatic carbocycles. The first-order chi connectivity index (χ1) is 8.16. The summed E-state index contributed by atoms with van der Waals surface area (Å²) < 4.78 is 1.15. The molecular weight excluding hydrogens is 276 g/mol. The molecule has 0 radical (unpaired) electrons. The SMILES string of the molecule is CC(CNCc1cccc(Br)c1)N(C)C1CC1. The van der Waals surface area contributed by atoms with Crippen LogP contribution in [0.2, 0.25) is 0 Å². The van der Waals surface area contributed by atoms with E-state index >= 15 is 0 Å². The van der Waals surface area contributed by atoms with Crippen molar-refractivity contribution in [3.8, 4) is 0 Å². The highest BCUT2D eigenvalue weighted by Gasteiger charge is 2.28. The molecule has 94 valence electrons. The predicted octanol–water partition coefficient (Wildman–Crippen LogP) is 3.02. The van der Waals surface area contributed by atoms with Crippen LogP contribution < -0.4 is 5.32 Å². The van der Waals surface area contributed by atoms with Crippen molar-refractivity contribution < 1.29 is 0 Å². The van der Waals surface area contributed by atoms with Gasteiger partial charge in [0.05, 0.1) is 0 Å². The lowest BCUT2D eigenvalue weighted by molar-refractivity contribution is 0.241. The molecule has 1 atom stereocenters. The van der Waals surface area contributed by atoms with Crippen molar-refractivity contribution >= 4 is 15.9 Å². The summed E-state index contributed by atoms with van der Waals surface area (Å²) >= 11 is 3.50. The Bertz CT molecular complexity index is 363. The molecule has 1 saturated carbocycles. The number of benzene rings is 1. The van der Waals surface area contributed by atoms with Gasteiger partial charge in [-0.2, -0.15) is 0 Å². The van der Waals surface area contributed by atoms with E-state index in [2.05, 4.69) is 64.4 Å². The molecule has 0 saturated heterocycles. The quantitative estimate of drug-likeness (QED) is 0.868. The summed E-state index contributed by atoms with van der Waals surface area (Å²) in [7, 11) is 2.24. The molecule has 0 bridgehead atoms. The number of hydrogen-bond donors (Lipinski definition) is 1. The van der Waals surface area contributed by atoms with E-state index in [1.807, 2.05) is 0 Å².